The molecule has 0 spiro atoms. The number of phenols is 1. The smallest absolute Gasteiger partial charge is 0.280 e. The maximum atomic E-state index is 12.7. The normalized spacial score (nSPS) is 12.0. The molecule has 5 heteroatoms. The van der Waals surface area contributed by atoms with Crippen molar-refractivity contribution in [3.8, 4) is 11.4 Å². The van der Waals surface area contributed by atoms with Crippen molar-refractivity contribution in [3.63, 3.8) is 0 Å². The van der Waals surface area contributed by atoms with Gasteiger partial charge >= 0.3 is 0 Å². The number of aryl methyl sites for hydroxylation is 1. The number of para-hydroxylation sites is 1. The van der Waals surface area contributed by atoms with Crippen LogP contribution in [0.3, 0.4) is 0 Å². The second-order valence-electron chi connectivity index (χ2n) is 7.34. The molecule has 5 nitrogen and oxygen atoms in total. The number of nitrogens with zero attached hydrogens (tertiary/aromatic N) is 2. The second-order valence-corrected chi connectivity index (χ2v) is 7.34. The number of hydrogen-bond donors (Lipinski definition) is 2. The van der Waals surface area contributed by atoms with Gasteiger partial charge in [-0.2, -0.15) is 0 Å². The van der Waals surface area contributed by atoms with Gasteiger partial charge in [0.1, 0.15) is 11.4 Å². The number of nitrogens with one attached hydrogen (secondary N) is 1. The van der Waals surface area contributed by atoms with Gasteiger partial charge in [0.2, 0.25) is 0 Å². The van der Waals surface area contributed by atoms with Crippen molar-refractivity contribution in [3.05, 3.63) is 75.7 Å². The summed E-state index contributed by atoms with van der Waals surface area (Å²) < 4.78 is 1.49. The molecule has 0 aliphatic rings. The zero-order valence-corrected chi connectivity index (χ0v) is 15.4. The van der Waals surface area contributed by atoms with Crippen LogP contribution < -0.4 is 5.56 Å². The summed E-state index contributed by atoms with van der Waals surface area (Å²) in [7, 11) is 0. The molecule has 0 bridgehead atoms. The highest BCUT2D eigenvalue weighted by Crippen LogP contribution is 2.32. The minimum absolute atomic E-state index is 0.0536. The lowest BCUT2D eigenvalue weighted by atomic mass is 9.87. The van der Waals surface area contributed by atoms with Gasteiger partial charge in [0.15, 0.2) is 0 Å². The number of aromatic hydroxyl groups is 1. The Kier molecular flexibility index (Phi) is 4.55. The van der Waals surface area contributed by atoms with E-state index < -0.39 is 0 Å². The molecule has 0 aliphatic carbocycles. The van der Waals surface area contributed by atoms with Gasteiger partial charge in [0.25, 0.3) is 5.56 Å². The summed E-state index contributed by atoms with van der Waals surface area (Å²) in [5, 5.41) is 13.2. The van der Waals surface area contributed by atoms with Crippen LogP contribution in [0.15, 0.2) is 58.3 Å². The molecule has 0 aliphatic heterocycles. The van der Waals surface area contributed by atoms with Crippen LogP contribution >= 0.6 is 0 Å². The van der Waals surface area contributed by atoms with E-state index in [4.69, 9.17) is 0 Å². The van der Waals surface area contributed by atoms with Gasteiger partial charge in [0.05, 0.1) is 11.3 Å². The first-order chi connectivity index (χ1) is 12.3. The summed E-state index contributed by atoms with van der Waals surface area (Å²) in [4.78, 5) is 17.1. The van der Waals surface area contributed by atoms with Crippen molar-refractivity contribution in [1.29, 1.82) is 0 Å². The molecule has 134 valence electrons. The summed E-state index contributed by atoms with van der Waals surface area (Å²) in [5.74, 6) is 0.0887. The van der Waals surface area contributed by atoms with Crippen LogP contribution in [0.5, 0.6) is 5.75 Å². The highest BCUT2D eigenvalue weighted by atomic mass is 16.3. The third kappa shape index (κ3) is 3.47. The summed E-state index contributed by atoms with van der Waals surface area (Å²) in [6.45, 7) is 8.12. The topological polar surface area (TPSA) is 70.4 Å². The Morgan fingerprint density at radius 2 is 1.81 bits per heavy atom. The summed E-state index contributed by atoms with van der Waals surface area (Å²) in [6.07, 6.45) is 1.51. The Balaban J connectivity index is 2.00. The van der Waals surface area contributed by atoms with Crippen LogP contribution in [0.1, 0.15) is 37.6 Å². The lowest BCUT2D eigenvalue weighted by Gasteiger charge is -2.19. The fraction of sp³-hybridized carbons (Fsp3) is 0.238. The van der Waals surface area contributed by atoms with Crippen LogP contribution in [0, 0.1) is 6.92 Å². The Bertz CT molecular complexity index is 1010. The van der Waals surface area contributed by atoms with Crippen molar-refractivity contribution in [2.24, 2.45) is 4.99 Å². The van der Waals surface area contributed by atoms with Gasteiger partial charge in [-0.05, 0) is 42.2 Å². The number of rotatable bonds is 3. The highest BCUT2D eigenvalue weighted by Gasteiger charge is 2.15. The summed E-state index contributed by atoms with van der Waals surface area (Å²) >= 11 is 0. The molecule has 0 amide bonds. The maximum Gasteiger partial charge on any atom is 0.280 e. The highest BCUT2D eigenvalue weighted by molar-refractivity contribution is 5.83. The third-order valence-electron chi connectivity index (χ3n) is 4.31. The average Bonchev–Trinajstić information content (AvgIpc) is 2.88. The minimum Gasteiger partial charge on any atom is -0.506 e. The second kappa shape index (κ2) is 6.67. The minimum atomic E-state index is -0.177. The van der Waals surface area contributed by atoms with Gasteiger partial charge in [0, 0.05) is 11.9 Å². The number of H-pyrrole nitrogens is 1. The molecule has 3 aromatic rings. The maximum absolute atomic E-state index is 12.7. The number of hydrogen-bond acceptors (Lipinski definition) is 3. The van der Waals surface area contributed by atoms with Gasteiger partial charge < -0.3 is 5.11 Å². The first kappa shape index (κ1) is 17.7. The van der Waals surface area contributed by atoms with E-state index in [1.807, 2.05) is 49.4 Å². The molecule has 26 heavy (non-hydrogen) atoms. The molecule has 0 atom stereocenters. The Hall–Kier alpha value is -3.08. The van der Waals surface area contributed by atoms with E-state index in [2.05, 4.69) is 30.9 Å². The van der Waals surface area contributed by atoms with Crippen LogP contribution in [0.2, 0.25) is 0 Å². The Morgan fingerprint density at radius 1 is 1.12 bits per heavy atom. The van der Waals surface area contributed by atoms with Crippen LogP contribution in [-0.2, 0) is 5.41 Å². The molecule has 0 radical (unpaired) electrons. The molecule has 0 saturated heterocycles. The molecule has 0 unspecified atom stereocenters. The number of aliphatic imine (C=N–C) groups is 1. The average molecular weight is 349 g/mol. The fourth-order valence-electron chi connectivity index (χ4n) is 2.70. The number of aromatic nitrogens is 2. The van der Waals surface area contributed by atoms with E-state index in [0.717, 1.165) is 11.3 Å². The lowest BCUT2D eigenvalue weighted by molar-refractivity contribution is 0.475. The predicted molar refractivity (Wildman–Crippen MR) is 105 cm³/mol. The monoisotopic (exact) mass is 349 g/mol. The Labute approximate surface area is 152 Å². The third-order valence-corrected chi connectivity index (χ3v) is 4.31. The molecule has 1 heterocycles. The first-order valence-electron chi connectivity index (χ1n) is 8.52. The van der Waals surface area contributed by atoms with Crippen LogP contribution in [0.4, 0.5) is 5.69 Å². The van der Waals surface area contributed by atoms with Gasteiger partial charge in [-0.25, -0.2) is 4.68 Å². The van der Waals surface area contributed by atoms with Crippen molar-refractivity contribution in [1.82, 2.24) is 9.78 Å². The molecule has 2 aromatic carbocycles. The van der Waals surface area contributed by atoms with Crippen molar-refractivity contribution in [2.75, 3.05) is 0 Å². The van der Waals surface area contributed by atoms with Crippen molar-refractivity contribution in [2.45, 2.75) is 33.1 Å². The van der Waals surface area contributed by atoms with E-state index >= 15 is 0 Å². The SMILES string of the molecule is Cc1[nH]n(-c2ccccc2)c(=O)c1C=Nc1cc(C(C)(C)C)ccc1O. The van der Waals surface area contributed by atoms with E-state index in [9.17, 15) is 9.90 Å². The van der Waals surface area contributed by atoms with Crippen molar-refractivity contribution < 1.29 is 5.11 Å². The lowest BCUT2D eigenvalue weighted by Crippen LogP contribution is -2.17. The standard InChI is InChI=1S/C21H23N3O2/c1-14-17(20(26)24(23-14)16-8-6-5-7-9-16)13-22-18-12-15(21(2,3)4)10-11-19(18)25/h5-13,23,25H,1-4H3. The molecule has 3 rings (SSSR count). The number of phenolic OH excluding ortho intramolecular Hbond substituents is 1. The van der Waals surface area contributed by atoms with Gasteiger partial charge in [-0.3, -0.25) is 14.9 Å². The van der Waals surface area contributed by atoms with Crippen LogP contribution in [-0.4, -0.2) is 21.1 Å². The predicted octanol–water partition coefficient (Wildman–Crippen LogP) is 4.23. The zero-order valence-electron chi connectivity index (χ0n) is 15.4. The number of benzene rings is 2. The zero-order chi connectivity index (χ0) is 18.9. The van der Waals surface area contributed by atoms with Gasteiger partial charge in [-0.15, -0.1) is 0 Å². The molecule has 2 N–H and O–H groups in total. The quantitative estimate of drug-likeness (QED) is 0.695. The summed E-state index contributed by atoms with van der Waals surface area (Å²) in [5.41, 5.74) is 3.23. The molecule has 1 aromatic heterocycles. The first-order valence-corrected chi connectivity index (χ1v) is 8.52. The molecule has 0 saturated carbocycles. The fourth-order valence-corrected chi connectivity index (χ4v) is 2.70. The van der Waals surface area contributed by atoms with Crippen LogP contribution in [0.25, 0.3) is 5.69 Å². The molecular formula is C21H23N3O2. The van der Waals surface area contributed by atoms with E-state index in [1.165, 1.54) is 10.9 Å². The van der Waals surface area contributed by atoms with Gasteiger partial charge in [-0.1, -0.05) is 45.0 Å². The largest absolute Gasteiger partial charge is 0.506 e. The molecule has 0 fully saturated rings. The van der Waals surface area contributed by atoms with E-state index in [0.29, 0.717) is 16.9 Å². The van der Waals surface area contributed by atoms with E-state index in [-0.39, 0.29) is 16.7 Å². The van der Waals surface area contributed by atoms with Crippen molar-refractivity contribution >= 4 is 11.9 Å². The summed E-state index contributed by atoms with van der Waals surface area (Å²) in [6, 6.07) is 14.7. The van der Waals surface area contributed by atoms with E-state index in [1.54, 1.807) is 6.07 Å². The molecular weight excluding hydrogens is 326 g/mol. The Morgan fingerprint density at radius 3 is 2.46 bits per heavy atom. The number of aromatic amines is 1.